The highest BCUT2D eigenvalue weighted by Gasteiger charge is 2.47. The zero-order valence-corrected chi connectivity index (χ0v) is 9.11. The maximum absolute atomic E-state index is 11.5. The molecule has 0 aromatic rings. The van der Waals surface area contributed by atoms with Crippen molar-refractivity contribution < 1.29 is 4.79 Å². The van der Waals surface area contributed by atoms with E-state index in [-0.39, 0.29) is 24.4 Å². The Morgan fingerprint density at radius 2 is 2.27 bits per heavy atom. The molecular formula is C10H19N3O2. The number of rotatable bonds is 4. The van der Waals surface area contributed by atoms with Crippen LogP contribution < -0.4 is 11.5 Å². The zero-order valence-electron chi connectivity index (χ0n) is 9.11. The second-order valence-corrected chi connectivity index (χ2v) is 4.42. The molecule has 1 fully saturated rings. The van der Waals surface area contributed by atoms with E-state index in [0.717, 1.165) is 19.3 Å². The molecule has 4 N–H and O–H groups in total. The first-order valence-corrected chi connectivity index (χ1v) is 5.41. The number of carbonyl (C=O) groups is 1. The number of carbonyl (C=O) groups excluding carboxylic acids is 1. The van der Waals surface area contributed by atoms with Gasteiger partial charge in [0.1, 0.15) is 0 Å². The summed E-state index contributed by atoms with van der Waals surface area (Å²) >= 11 is 0. The Labute approximate surface area is 89.6 Å². The van der Waals surface area contributed by atoms with Crippen molar-refractivity contribution in [2.24, 2.45) is 28.0 Å². The minimum absolute atomic E-state index is 0.0914. The predicted molar refractivity (Wildman–Crippen MR) is 57.9 cm³/mol. The molecule has 0 aliphatic heterocycles. The first-order valence-electron chi connectivity index (χ1n) is 5.41. The summed E-state index contributed by atoms with van der Waals surface area (Å²) in [5, 5.41) is 3.02. The van der Waals surface area contributed by atoms with E-state index >= 15 is 0 Å². The van der Waals surface area contributed by atoms with Gasteiger partial charge in [0.05, 0.1) is 11.5 Å². The van der Waals surface area contributed by atoms with E-state index in [0.29, 0.717) is 6.42 Å². The molecule has 1 aliphatic rings. The van der Waals surface area contributed by atoms with E-state index < -0.39 is 5.41 Å². The van der Waals surface area contributed by atoms with Gasteiger partial charge in [0.15, 0.2) is 0 Å². The summed E-state index contributed by atoms with van der Waals surface area (Å²) in [6.45, 7) is 1.95. The van der Waals surface area contributed by atoms with Crippen LogP contribution in [0, 0.1) is 16.2 Å². The molecule has 0 aromatic carbocycles. The van der Waals surface area contributed by atoms with Crippen LogP contribution in [0.25, 0.3) is 0 Å². The summed E-state index contributed by atoms with van der Waals surface area (Å²) in [6.07, 6.45) is 3.46. The Morgan fingerprint density at radius 3 is 2.73 bits per heavy atom. The molecular weight excluding hydrogens is 194 g/mol. The lowest BCUT2D eigenvalue weighted by Gasteiger charge is -2.42. The van der Waals surface area contributed by atoms with Gasteiger partial charge in [-0.1, -0.05) is 18.0 Å². The van der Waals surface area contributed by atoms with Crippen molar-refractivity contribution >= 4 is 5.91 Å². The number of nitroso groups, excluding NO2 is 1. The highest BCUT2D eigenvalue weighted by Crippen LogP contribution is 2.43. The third kappa shape index (κ3) is 2.02. The molecule has 1 saturated carbocycles. The molecule has 0 saturated heterocycles. The number of nitrogens with zero attached hydrogens (tertiary/aromatic N) is 1. The SMILES string of the molecule is CC(N=O)C1CCCCC1(CN)C(N)=O. The van der Waals surface area contributed by atoms with Gasteiger partial charge in [0.2, 0.25) is 5.91 Å². The van der Waals surface area contributed by atoms with Crippen molar-refractivity contribution in [3.05, 3.63) is 4.91 Å². The third-order valence-corrected chi connectivity index (χ3v) is 3.70. The highest BCUT2D eigenvalue weighted by molar-refractivity contribution is 5.81. The molecule has 86 valence electrons. The van der Waals surface area contributed by atoms with E-state index in [2.05, 4.69) is 5.18 Å². The average Bonchev–Trinajstić information content (AvgIpc) is 2.27. The van der Waals surface area contributed by atoms with Crippen molar-refractivity contribution in [3.63, 3.8) is 0 Å². The number of amides is 1. The summed E-state index contributed by atoms with van der Waals surface area (Å²) in [4.78, 5) is 22.1. The highest BCUT2D eigenvalue weighted by atomic mass is 16.3. The first kappa shape index (κ1) is 12.1. The summed E-state index contributed by atoms with van der Waals surface area (Å²) < 4.78 is 0. The molecule has 1 aliphatic carbocycles. The van der Waals surface area contributed by atoms with Crippen LogP contribution in [-0.2, 0) is 4.79 Å². The fourth-order valence-electron chi connectivity index (χ4n) is 2.70. The molecule has 3 atom stereocenters. The lowest BCUT2D eigenvalue weighted by Crippen LogP contribution is -2.52. The molecule has 3 unspecified atom stereocenters. The number of hydrogen-bond acceptors (Lipinski definition) is 4. The van der Waals surface area contributed by atoms with Gasteiger partial charge in [-0.15, -0.1) is 0 Å². The van der Waals surface area contributed by atoms with Gasteiger partial charge in [-0.25, -0.2) is 0 Å². The van der Waals surface area contributed by atoms with Crippen LogP contribution in [0.2, 0.25) is 0 Å². The third-order valence-electron chi connectivity index (χ3n) is 3.70. The molecule has 5 nitrogen and oxygen atoms in total. The van der Waals surface area contributed by atoms with Gasteiger partial charge in [0.25, 0.3) is 0 Å². The van der Waals surface area contributed by atoms with E-state index in [4.69, 9.17) is 11.5 Å². The minimum atomic E-state index is -0.717. The van der Waals surface area contributed by atoms with Crippen LogP contribution in [0.1, 0.15) is 32.6 Å². The summed E-state index contributed by atoms with van der Waals surface area (Å²) in [6, 6.07) is -0.388. The van der Waals surface area contributed by atoms with Crippen molar-refractivity contribution in [2.45, 2.75) is 38.6 Å². The van der Waals surface area contributed by atoms with Gasteiger partial charge in [-0.2, -0.15) is 4.91 Å². The number of nitrogens with two attached hydrogens (primary N) is 2. The Kier molecular flexibility index (Phi) is 3.79. The van der Waals surface area contributed by atoms with Gasteiger partial charge in [-0.05, 0) is 19.8 Å². The smallest absolute Gasteiger partial charge is 0.225 e. The van der Waals surface area contributed by atoms with E-state index in [1.165, 1.54) is 0 Å². The Morgan fingerprint density at radius 1 is 1.60 bits per heavy atom. The molecule has 0 spiro atoms. The summed E-state index contributed by atoms with van der Waals surface area (Å²) in [5.41, 5.74) is 10.4. The fourth-order valence-corrected chi connectivity index (χ4v) is 2.70. The lowest BCUT2D eigenvalue weighted by molar-refractivity contribution is -0.133. The van der Waals surface area contributed by atoms with E-state index in [1.54, 1.807) is 6.92 Å². The zero-order chi connectivity index (χ0) is 11.5. The Hall–Kier alpha value is -0.970. The van der Waals surface area contributed by atoms with Crippen molar-refractivity contribution in [1.29, 1.82) is 0 Å². The van der Waals surface area contributed by atoms with Crippen LogP contribution in [0.4, 0.5) is 0 Å². The van der Waals surface area contributed by atoms with Crippen LogP contribution in [0.15, 0.2) is 5.18 Å². The fraction of sp³-hybridized carbons (Fsp3) is 0.900. The second kappa shape index (κ2) is 4.70. The molecule has 0 bridgehead atoms. The van der Waals surface area contributed by atoms with Gasteiger partial charge >= 0.3 is 0 Å². The van der Waals surface area contributed by atoms with E-state index in [1.807, 2.05) is 0 Å². The molecule has 1 rings (SSSR count). The monoisotopic (exact) mass is 213 g/mol. The number of primary amides is 1. The average molecular weight is 213 g/mol. The first-order chi connectivity index (χ1) is 7.08. The number of hydrogen-bond donors (Lipinski definition) is 2. The van der Waals surface area contributed by atoms with Gasteiger partial charge < -0.3 is 11.5 Å². The van der Waals surface area contributed by atoms with Crippen LogP contribution in [-0.4, -0.2) is 18.5 Å². The molecule has 0 aromatic heterocycles. The molecule has 0 heterocycles. The maximum atomic E-state index is 11.5. The van der Waals surface area contributed by atoms with E-state index in [9.17, 15) is 9.70 Å². The topological polar surface area (TPSA) is 98.5 Å². The molecule has 1 amide bonds. The minimum Gasteiger partial charge on any atom is -0.369 e. The van der Waals surface area contributed by atoms with Crippen LogP contribution >= 0.6 is 0 Å². The van der Waals surface area contributed by atoms with Gasteiger partial charge in [-0.3, -0.25) is 4.79 Å². The van der Waals surface area contributed by atoms with Crippen molar-refractivity contribution in [2.75, 3.05) is 6.54 Å². The maximum Gasteiger partial charge on any atom is 0.225 e. The van der Waals surface area contributed by atoms with Crippen LogP contribution in [0.5, 0.6) is 0 Å². The lowest BCUT2D eigenvalue weighted by atomic mass is 9.63. The van der Waals surface area contributed by atoms with Gasteiger partial charge in [0, 0.05) is 12.5 Å². The Bertz CT molecular complexity index is 257. The van der Waals surface area contributed by atoms with Crippen molar-refractivity contribution in [3.8, 4) is 0 Å². The molecule has 0 radical (unpaired) electrons. The van der Waals surface area contributed by atoms with Crippen molar-refractivity contribution in [1.82, 2.24) is 0 Å². The standard InChI is InChI=1S/C10H19N3O2/c1-7(13-15)8-4-2-3-5-10(8,6-11)9(12)14/h7-8H,2-6,11H2,1H3,(H2,12,14). The quantitative estimate of drug-likeness (QED) is 0.674. The second-order valence-electron chi connectivity index (χ2n) is 4.42. The predicted octanol–water partition coefficient (Wildman–Crippen LogP) is 0.762. The Balaban J connectivity index is 2.97. The van der Waals surface area contributed by atoms with Crippen LogP contribution in [0.3, 0.4) is 0 Å². The summed E-state index contributed by atoms with van der Waals surface area (Å²) in [7, 11) is 0. The normalized spacial score (nSPS) is 33.3. The molecule has 5 heteroatoms. The largest absolute Gasteiger partial charge is 0.369 e. The summed E-state index contributed by atoms with van der Waals surface area (Å²) in [5.74, 6) is -0.476. The molecule has 15 heavy (non-hydrogen) atoms.